The minimum absolute atomic E-state index is 0.00132. The smallest absolute Gasteiger partial charge is 0.246 e. The molecule has 39 heavy (non-hydrogen) atoms. The first-order chi connectivity index (χ1) is 18.5. The van der Waals surface area contributed by atoms with E-state index in [0.29, 0.717) is 24.5 Å². The lowest BCUT2D eigenvalue weighted by Gasteiger charge is -2.55. The van der Waals surface area contributed by atoms with Crippen molar-refractivity contribution >= 4 is 58.3 Å². The molecule has 0 bridgehead atoms. The molecule has 0 spiro atoms. The van der Waals surface area contributed by atoms with Crippen LogP contribution in [-0.2, 0) is 26.0 Å². The number of piperazine rings is 1. The van der Waals surface area contributed by atoms with Gasteiger partial charge in [0.2, 0.25) is 21.8 Å². The summed E-state index contributed by atoms with van der Waals surface area (Å²) in [4.78, 5) is 33.3. The van der Waals surface area contributed by atoms with Gasteiger partial charge >= 0.3 is 0 Å². The van der Waals surface area contributed by atoms with Crippen LogP contribution in [0.5, 0.6) is 0 Å². The topological polar surface area (TPSA) is 81.2 Å². The van der Waals surface area contributed by atoms with Gasteiger partial charge in [-0.15, -0.1) is 0 Å². The van der Waals surface area contributed by atoms with Gasteiger partial charge in [-0.3, -0.25) is 14.5 Å². The minimum Gasteiger partial charge on any atom is -0.335 e. The zero-order valence-electron chi connectivity index (χ0n) is 22.4. The van der Waals surface area contributed by atoms with Crippen molar-refractivity contribution in [1.29, 1.82) is 0 Å². The fourth-order valence-electron chi connectivity index (χ4n) is 5.94. The molecule has 208 valence electrons. The van der Waals surface area contributed by atoms with E-state index in [1.54, 1.807) is 9.80 Å². The average molecular weight is 591 g/mol. The quantitative estimate of drug-likeness (QED) is 0.479. The third-order valence-corrected chi connectivity index (χ3v) is 10.6. The van der Waals surface area contributed by atoms with E-state index < -0.39 is 28.3 Å². The fourth-order valence-corrected chi connectivity index (χ4v) is 8.26. The maximum Gasteiger partial charge on any atom is 0.246 e. The van der Waals surface area contributed by atoms with E-state index in [-0.39, 0.29) is 40.9 Å². The highest BCUT2D eigenvalue weighted by atomic mass is 35.5. The third kappa shape index (κ3) is 5.34. The Bertz CT molecular complexity index is 1370. The lowest BCUT2D eigenvalue weighted by Crippen LogP contribution is -2.76. The number of nitrogens with zero attached hydrogens (tertiary/aromatic N) is 4. The molecule has 3 aliphatic heterocycles. The van der Waals surface area contributed by atoms with Crippen molar-refractivity contribution in [2.45, 2.75) is 62.3 Å². The van der Waals surface area contributed by atoms with Crippen molar-refractivity contribution < 1.29 is 18.0 Å². The molecule has 0 aliphatic carbocycles. The summed E-state index contributed by atoms with van der Waals surface area (Å²) in [5.74, 6) is -0.358. The summed E-state index contributed by atoms with van der Waals surface area (Å²) in [6.07, 6.45) is 1.32. The molecule has 12 heteroatoms. The Labute approximate surface area is 241 Å². The molecule has 5 rings (SSSR count). The van der Waals surface area contributed by atoms with Crippen molar-refractivity contribution in [2.75, 3.05) is 26.2 Å². The van der Waals surface area contributed by atoms with Gasteiger partial charge < -0.3 is 9.80 Å². The Morgan fingerprint density at radius 1 is 0.974 bits per heavy atom. The SMILES string of the molecule is Bc1ccc(CC2C(=O)N(C(C)C)CC3N2C(=O)C(N2CCCC2)CN3S(=O)(=O)c2ccc(Cl)cc2Cl)cc1. The zero-order valence-corrected chi connectivity index (χ0v) is 24.7. The van der Waals surface area contributed by atoms with Crippen LogP contribution in [0.4, 0.5) is 0 Å². The first-order valence-electron chi connectivity index (χ1n) is 13.4. The molecular formula is C27H33BCl2N4O4S. The zero-order chi connectivity index (χ0) is 28.1. The molecule has 0 radical (unpaired) electrons. The van der Waals surface area contributed by atoms with Crippen molar-refractivity contribution in [3.05, 3.63) is 58.1 Å². The second kappa shape index (κ2) is 11.0. The number of likely N-dealkylation sites (tertiary alicyclic amines) is 1. The van der Waals surface area contributed by atoms with E-state index in [1.165, 1.54) is 22.5 Å². The standard InChI is InChI=1S/C27H33BCl2N4O4S/c1-17(2)32-16-25-33(39(37,38)24-10-9-20(29)14-21(24)30)15-23(31-11-3-4-12-31)27(36)34(25)22(26(32)35)13-18-5-7-19(28)8-6-18/h5-10,14,17,22-23,25H,3-4,11-13,15-16,28H2,1-2H3. The first-order valence-corrected chi connectivity index (χ1v) is 15.6. The predicted molar refractivity (Wildman–Crippen MR) is 155 cm³/mol. The molecule has 3 aliphatic rings. The van der Waals surface area contributed by atoms with Gasteiger partial charge in [-0.2, -0.15) is 4.31 Å². The summed E-state index contributed by atoms with van der Waals surface area (Å²) in [5.41, 5.74) is 2.00. The summed E-state index contributed by atoms with van der Waals surface area (Å²) >= 11 is 12.5. The summed E-state index contributed by atoms with van der Waals surface area (Å²) in [7, 11) is -2.16. The molecule has 0 N–H and O–H groups in total. The Morgan fingerprint density at radius 2 is 1.64 bits per heavy atom. The monoisotopic (exact) mass is 590 g/mol. The van der Waals surface area contributed by atoms with Crippen molar-refractivity contribution in [1.82, 2.24) is 19.0 Å². The molecule has 0 saturated carbocycles. The predicted octanol–water partition coefficient (Wildman–Crippen LogP) is 1.74. The van der Waals surface area contributed by atoms with E-state index in [9.17, 15) is 18.0 Å². The number of carbonyl (C=O) groups excluding carboxylic acids is 2. The van der Waals surface area contributed by atoms with Crippen LogP contribution >= 0.6 is 23.2 Å². The van der Waals surface area contributed by atoms with Gasteiger partial charge in [-0.1, -0.05) is 52.9 Å². The van der Waals surface area contributed by atoms with Crippen LogP contribution in [-0.4, -0.2) is 97.6 Å². The Kier molecular flexibility index (Phi) is 8.05. The minimum atomic E-state index is -4.15. The van der Waals surface area contributed by atoms with E-state index in [1.807, 2.05) is 50.9 Å². The van der Waals surface area contributed by atoms with Crippen LogP contribution in [0.15, 0.2) is 47.4 Å². The lowest BCUT2D eigenvalue weighted by molar-refractivity contribution is -0.171. The molecular weight excluding hydrogens is 558 g/mol. The van der Waals surface area contributed by atoms with Gasteiger partial charge in [0.15, 0.2) is 0 Å². The van der Waals surface area contributed by atoms with Crippen LogP contribution in [0, 0.1) is 0 Å². The van der Waals surface area contributed by atoms with Gasteiger partial charge in [0, 0.05) is 24.0 Å². The maximum absolute atomic E-state index is 14.2. The molecule has 3 heterocycles. The van der Waals surface area contributed by atoms with E-state index in [2.05, 4.69) is 0 Å². The molecule has 3 fully saturated rings. The summed E-state index contributed by atoms with van der Waals surface area (Å²) < 4.78 is 29.9. The molecule has 2 aromatic rings. The first kappa shape index (κ1) is 28.4. The summed E-state index contributed by atoms with van der Waals surface area (Å²) in [6.45, 7) is 5.31. The Balaban J connectivity index is 1.62. The number of carbonyl (C=O) groups is 2. The maximum atomic E-state index is 14.2. The third-order valence-electron chi connectivity index (χ3n) is 8.04. The van der Waals surface area contributed by atoms with Gasteiger partial charge in [0.05, 0.1) is 11.6 Å². The number of amides is 2. The number of sulfonamides is 1. The number of hydrogen-bond donors (Lipinski definition) is 0. The van der Waals surface area contributed by atoms with Crippen molar-refractivity contribution in [2.24, 2.45) is 0 Å². The molecule has 8 nitrogen and oxygen atoms in total. The van der Waals surface area contributed by atoms with Gasteiger partial charge in [0.1, 0.15) is 31.0 Å². The number of rotatable bonds is 6. The van der Waals surface area contributed by atoms with Crippen LogP contribution in [0.1, 0.15) is 32.3 Å². The van der Waals surface area contributed by atoms with Crippen LogP contribution in [0.25, 0.3) is 0 Å². The van der Waals surface area contributed by atoms with Gasteiger partial charge in [0.25, 0.3) is 0 Å². The van der Waals surface area contributed by atoms with E-state index in [4.69, 9.17) is 23.2 Å². The number of benzene rings is 2. The van der Waals surface area contributed by atoms with Crippen molar-refractivity contribution in [3.63, 3.8) is 0 Å². The Morgan fingerprint density at radius 3 is 2.26 bits per heavy atom. The fraction of sp³-hybridized carbons (Fsp3) is 0.481. The highest BCUT2D eigenvalue weighted by Gasteiger charge is 2.55. The second-order valence-electron chi connectivity index (χ2n) is 10.9. The number of fused-ring (bicyclic) bond motifs is 1. The highest BCUT2D eigenvalue weighted by Crippen LogP contribution is 2.36. The lowest BCUT2D eigenvalue weighted by atomic mass is 9.92. The normalized spacial score (nSPS) is 25.0. The van der Waals surface area contributed by atoms with Gasteiger partial charge in [-0.25, -0.2) is 8.42 Å². The second-order valence-corrected chi connectivity index (χ2v) is 13.6. The van der Waals surface area contributed by atoms with Crippen LogP contribution in [0.2, 0.25) is 10.0 Å². The molecule has 2 aromatic carbocycles. The van der Waals surface area contributed by atoms with Gasteiger partial charge in [-0.05, 0) is 63.5 Å². The summed E-state index contributed by atoms with van der Waals surface area (Å²) in [5, 5.41) is 0.351. The Hall–Kier alpha value is -2.11. The summed E-state index contributed by atoms with van der Waals surface area (Å²) in [6, 6.07) is 10.5. The average Bonchev–Trinajstić information content (AvgIpc) is 3.41. The molecule has 2 amide bonds. The van der Waals surface area contributed by atoms with Crippen molar-refractivity contribution in [3.8, 4) is 0 Å². The highest BCUT2D eigenvalue weighted by molar-refractivity contribution is 7.89. The van der Waals surface area contributed by atoms with E-state index in [0.717, 1.165) is 23.9 Å². The molecule has 3 unspecified atom stereocenters. The number of halogens is 2. The molecule has 3 atom stereocenters. The number of hydrogen-bond acceptors (Lipinski definition) is 5. The molecule has 0 aromatic heterocycles. The molecule has 3 saturated heterocycles. The van der Waals surface area contributed by atoms with Crippen LogP contribution in [0.3, 0.4) is 0 Å². The van der Waals surface area contributed by atoms with Crippen LogP contribution < -0.4 is 5.46 Å². The largest absolute Gasteiger partial charge is 0.335 e. The van der Waals surface area contributed by atoms with E-state index >= 15 is 0 Å².